The van der Waals surface area contributed by atoms with E-state index in [-0.39, 0.29) is 6.23 Å². The molecule has 40 valence electrons. The standard InChI is InChI=1S/C4H7NO2/c1-6-4-2-7-3-5-4/h3-4H,2H2,1H3. The second kappa shape index (κ2) is 1.93. The van der Waals surface area contributed by atoms with Gasteiger partial charge in [0.15, 0.2) is 12.6 Å². The van der Waals surface area contributed by atoms with Crippen molar-refractivity contribution in [1.29, 1.82) is 0 Å². The lowest BCUT2D eigenvalue weighted by Crippen LogP contribution is -2.07. The minimum absolute atomic E-state index is 0.0556. The Bertz CT molecular complexity index is 81.8. The molecule has 0 spiro atoms. The van der Waals surface area contributed by atoms with Crippen LogP contribution < -0.4 is 0 Å². The van der Waals surface area contributed by atoms with Crippen molar-refractivity contribution in [2.45, 2.75) is 6.23 Å². The lowest BCUT2D eigenvalue weighted by Gasteiger charge is -1.97. The van der Waals surface area contributed by atoms with E-state index in [2.05, 4.69) is 4.99 Å². The smallest absolute Gasteiger partial charge is 0.184 e. The van der Waals surface area contributed by atoms with Gasteiger partial charge in [0.05, 0.1) is 0 Å². The van der Waals surface area contributed by atoms with E-state index in [0.29, 0.717) is 6.61 Å². The van der Waals surface area contributed by atoms with Crippen molar-refractivity contribution in [2.24, 2.45) is 4.99 Å². The first kappa shape index (κ1) is 4.59. The third kappa shape index (κ3) is 0.899. The predicted molar refractivity (Wildman–Crippen MR) is 25.2 cm³/mol. The Balaban J connectivity index is 2.28. The quantitative estimate of drug-likeness (QED) is 0.466. The maximum absolute atomic E-state index is 4.79. The Labute approximate surface area is 42.0 Å². The molecule has 0 bridgehead atoms. The van der Waals surface area contributed by atoms with Gasteiger partial charge < -0.3 is 9.47 Å². The number of hydrogen-bond donors (Lipinski definition) is 0. The summed E-state index contributed by atoms with van der Waals surface area (Å²) in [6.45, 7) is 0.566. The summed E-state index contributed by atoms with van der Waals surface area (Å²) >= 11 is 0. The van der Waals surface area contributed by atoms with Crippen molar-refractivity contribution in [3.05, 3.63) is 0 Å². The molecule has 1 atom stereocenters. The molecule has 0 N–H and O–H groups in total. The van der Waals surface area contributed by atoms with Gasteiger partial charge in [-0.25, -0.2) is 4.99 Å². The van der Waals surface area contributed by atoms with Crippen LogP contribution in [0.3, 0.4) is 0 Å². The van der Waals surface area contributed by atoms with Gasteiger partial charge in [0.1, 0.15) is 6.61 Å². The summed E-state index contributed by atoms with van der Waals surface area (Å²) in [5.74, 6) is 0. The molecule has 7 heavy (non-hydrogen) atoms. The predicted octanol–water partition coefficient (Wildman–Crippen LogP) is 0.0174. The van der Waals surface area contributed by atoms with Crippen LogP contribution in [0.5, 0.6) is 0 Å². The first-order chi connectivity index (χ1) is 3.43. The van der Waals surface area contributed by atoms with E-state index in [1.807, 2.05) is 0 Å². The lowest BCUT2D eigenvalue weighted by atomic mass is 10.6. The Kier molecular flexibility index (Phi) is 1.26. The second-order valence-electron chi connectivity index (χ2n) is 1.28. The highest BCUT2D eigenvalue weighted by Gasteiger charge is 2.07. The SMILES string of the molecule is COC1COC=N1. The molecule has 0 aromatic heterocycles. The first-order valence-electron chi connectivity index (χ1n) is 2.09. The van der Waals surface area contributed by atoms with Crippen molar-refractivity contribution in [3.8, 4) is 0 Å². The molecule has 3 nitrogen and oxygen atoms in total. The molecule has 0 aromatic carbocycles. The van der Waals surface area contributed by atoms with Crippen molar-refractivity contribution in [2.75, 3.05) is 13.7 Å². The van der Waals surface area contributed by atoms with E-state index in [1.54, 1.807) is 7.11 Å². The van der Waals surface area contributed by atoms with Crippen molar-refractivity contribution in [1.82, 2.24) is 0 Å². The molecule has 1 rings (SSSR count). The third-order valence-corrected chi connectivity index (χ3v) is 0.813. The summed E-state index contributed by atoms with van der Waals surface area (Å²) in [5, 5.41) is 0. The second-order valence-corrected chi connectivity index (χ2v) is 1.28. The van der Waals surface area contributed by atoms with Gasteiger partial charge in [-0.15, -0.1) is 0 Å². The number of hydrogen-bond acceptors (Lipinski definition) is 3. The molecule has 0 aliphatic carbocycles. The topological polar surface area (TPSA) is 30.8 Å². The van der Waals surface area contributed by atoms with Crippen LogP contribution in [0.1, 0.15) is 0 Å². The van der Waals surface area contributed by atoms with Crippen molar-refractivity contribution < 1.29 is 9.47 Å². The summed E-state index contributed by atoms with van der Waals surface area (Å²) in [7, 11) is 1.61. The molecule has 0 saturated carbocycles. The van der Waals surface area contributed by atoms with Crippen LogP contribution in [0.25, 0.3) is 0 Å². The average molecular weight is 101 g/mol. The average Bonchev–Trinajstić information content (AvgIpc) is 2.14. The normalized spacial score (nSPS) is 27.9. The van der Waals surface area contributed by atoms with Gasteiger partial charge >= 0.3 is 0 Å². The molecule has 1 unspecified atom stereocenters. The zero-order chi connectivity index (χ0) is 5.11. The van der Waals surface area contributed by atoms with E-state index in [1.165, 1.54) is 6.40 Å². The fourth-order valence-electron chi connectivity index (χ4n) is 0.408. The van der Waals surface area contributed by atoms with Crippen LogP contribution in [0, 0.1) is 0 Å². The largest absolute Gasteiger partial charge is 0.479 e. The van der Waals surface area contributed by atoms with Gasteiger partial charge in [0, 0.05) is 7.11 Å². The van der Waals surface area contributed by atoms with Crippen LogP contribution in [0.2, 0.25) is 0 Å². The summed E-state index contributed by atoms with van der Waals surface area (Å²) in [5.41, 5.74) is 0. The van der Waals surface area contributed by atoms with Gasteiger partial charge in [0.2, 0.25) is 0 Å². The molecular formula is C4H7NO2. The molecule has 0 aromatic rings. The van der Waals surface area contributed by atoms with Crippen LogP contribution in [-0.2, 0) is 9.47 Å². The van der Waals surface area contributed by atoms with E-state index < -0.39 is 0 Å². The van der Waals surface area contributed by atoms with Crippen LogP contribution in [0.15, 0.2) is 4.99 Å². The maximum Gasteiger partial charge on any atom is 0.184 e. The molecule has 1 aliphatic rings. The monoisotopic (exact) mass is 101 g/mol. The fraction of sp³-hybridized carbons (Fsp3) is 0.750. The van der Waals surface area contributed by atoms with Crippen LogP contribution in [0.4, 0.5) is 0 Å². The van der Waals surface area contributed by atoms with Gasteiger partial charge in [-0.1, -0.05) is 0 Å². The zero-order valence-electron chi connectivity index (χ0n) is 4.13. The molecule has 0 radical (unpaired) electrons. The molecular weight excluding hydrogens is 94.0 g/mol. The zero-order valence-corrected chi connectivity index (χ0v) is 4.13. The van der Waals surface area contributed by atoms with Crippen LogP contribution in [-0.4, -0.2) is 26.3 Å². The molecule has 3 heteroatoms. The number of ether oxygens (including phenoxy) is 2. The van der Waals surface area contributed by atoms with Gasteiger partial charge in [0.25, 0.3) is 0 Å². The van der Waals surface area contributed by atoms with Gasteiger partial charge in [-0.3, -0.25) is 0 Å². The van der Waals surface area contributed by atoms with E-state index in [4.69, 9.17) is 9.47 Å². The number of nitrogens with zero attached hydrogens (tertiary/aromatic N) is 1. The van der Waals surface area contributed by atoms with E-state index >= 15 is 0 Å². The highest BCUT2D eigenvalue weighted by molar-refractivity contribution is 5.48. The first-order valence-corrected chi connectivity index (χ1v) is 2.09. The summed E-state index contributed by atoms with van der Waals surface area (Å²) in [6, 6.07) is 0. The van der Waals surface area contributed by atoms with Crippen molar-refractivity contribution >= 4 is 6.40 Å². The summed E-state index contributed by atoms with van der Waals surface area (Å²) < 4.78 is 9.52. The number of aliphatic imine (C=N–C) groups is 1. The Hall–Kier alpha value is -0.570. The van der Waals surface area contributed by atoms with Crippen molar-refractivity contribution in [3.63, 3.8) is 0 Å². The molecule has 1 heterocycles. The maximum atomic E-state index is 4.79. The highest BCUT2D eigenvalue weighted by Crippen LogP contribution is 1.96. The molecule has 0 amide bonds. The Morgan fingerprint density at radius 2 is 2.86 bits per heavy atom. The van der Waals surface area contributed by atoms with Gasteiger partial charge in [-0.05, 0) is 0 Å². The fourth-order valence-corrected chi connectivity index (χ4v) is 0.408. The summed E-state index contributed by atoms with van der Waals surface area (Å²) in [4.78, 5) is 3.78. The highest BCUT2D eigenvalue weighted by atomic mass is 16.5. The van der Waals surface area contributed by atoms with E-state index in [0.717, 1.165) is 0 Å². The molecule has 1 aliphatic heterocycles. The third-order valence-electron chi connectivity index (χ3n) is 0.813. The number of methoxy groups -OCH3 is 1. The number of rotatable bonds is 1. The minimum atomic E-state index is -0.0556. The minimum Gasteiger partial charge on any atom is -0.479 e. The molecule has 0 fully saturated rings. The molecule has 0 saturated heterocycles. The lowest BCUT2D eigenvalue weighted by molar-refractivity contribution is 0.0840. The van der Waals surface area contributed by atoms with Crippen LogP contribution >= 0.6 is 0 Å². The van der Waals surface area contributed by atoms with Gasteiger partial charge in [-0.2, -0.15) is 0 Å². The summed E-state index contributed by atoms with van der Waals surface area (Å²) in [6.07, 6.45) is 1.36. The Morgan fingerprint density at radius 3 is 3.14 bits per heavy atom. The van der Waals surface area contributed by atoms with E-state index in [9.17, 15) is 0 Å². The Morgan fingerprint density at radius 1 is 2.00 bits per heavy atom.